The molecule has 0 aliphatic rings. The lowest BCUT2D eigenvalue weighted by atomic mass is 10.2. The second kappa shape index (κ2) is 4.78. The Morgan fingerprint density at radius 3 is 2.06 bits per heavy atom. The van der Waals surface area contributed by atoms with Crippen LogP contribution in [0.5, 0.6) is 0 Å². The Balaban J connectivity index is 2.42. The predicted octanol–water partition coefficient (Wildman–Crippen LogP) is 2.91. The Morgan fingerprint density at radius 1 is 1.00 bits per heavy atom. The van der Waals surface area contributed by atoms with E-state index in [9.17, 15) is 0 Å². The molecular weight excluding hydrogens is 245 g/mol. The van der Waals surface area contributed by atoms with Crippen molar-refractivity contribution in [3.63, 3.8) is 0 Å². The monoisotopic (exact) mass is 253 g/mol. The minimum absolute atomic E-state index is 0.427. The summed E-state index contributed by atoms with van der Waals surface area (Å²) in [4.78, 5) is 8.39. The van der Waals surface area contributed by atoms with E-state index in [4.69, 9.17) is 28.9 Å². The standard InChI is InChI=1S/C11H9Cl2N3/c12-9-1-8(2-10(13)3-9)11-15-5-7(4-14)6-16-11/h1-3,5-6H,4,14H2. The van der Waals surface area contributed by atoms with Gasteiger partial charge in [-0.2, -0.15) is 0 Å². The number of halogens is 2. The molecule has 0 saturated carbocycles. The average molecular weight is 254 g/mol. The Morgan fingerprint density at radius 2 is 1.56 bits per heavy atom. The molecule has 0 spiro atoms. The topological polar surface area (TPSA) is 51.8 Å². The fourth-order valence-corrected chi connectivity index (χ4v) is 1.82. The van der Waals surface area contributed by atoms with Crippen LogP contribution in [0.2, 0.25) is 10.0 Å². The molecule has 0 saturated heterocycles. The van der Waals surface area contributed by atoms with Crippen LogP contribution >= 0.6 is 23.2 Å². The van der Waals surface area contributed by atoms with Gasteiger partial charge in [0.1, 0.15) is 0 Å². The van der Waals surface area contributed by atoms with Crippen molar-refractivity contribution in [2.75, 3.05) is 0 Å². The molecule has 3 nitrogen and oxygen atoms in total. The maximum absolute atomic E-state index is 5.90. The molecule has 2 aromatic rings. The van der Waals surface area contributed by atoms with Gasteiger partial charge in [0.25, 0.3) is 0 Å². The van der Waals surface area contributed by atoms with E-state index >= 15 is 0 Å². The highest BCUT2D eigenvalue weighted by Gasteiger charge is 2.04. The molecule has 82 valence electrons. The van der Waals surface area contributed by atoms with Gasteiger partial charge >= 0.3 is 0 Å². The highest BCUT2D eigenvalue weighted by molar-refractivity contribution is 6.35. The van der Waals surface area contributed by atoms with Gasteiger partial charge in [0.15, 0.2) is 5.82 Å². The van der Waals surface area contributed by atoms with Crippen molar-refractivity contribution >= 4 is 23.2 Å². The molecule has 2 rings (SSSR count). The Kier molecular flexibility index (Phi) is 3.39. The predicted molar refractivity (Wildman–Crippen MR) is 65.4 cm³/mol. The zero-order chi connectivity index (χ0) is 11.5. The lowest BCUT2D eigenvalue weighted by Crippen LogP contribution is -1.99. The van der Waals surface area contributed by atoms with E-state index in [-0.39, 0.29) is 0 Å². The van der Waals surface area contributed by atoms with Gasteiger partial charge in [-0.1, -0.05) is 23.2 Å². The van der Waals surface area contributed by atoms with E-state index in [0.29, 0.717) is 22.4 Å². The first-order chi connectivity index (χ1) is 7.69. The zero-order valence-electron chi connectivity index (χ0n) is 8.32. The molecule has 0 bridgehead atoms. The molecule has 1 aromatic heterocycles. The normalized spacial score (nSPS) is 10.4. The average Bonchev–Trinajstić information content (AvgIpc) is 2.28. The Bertz CT molecular complexity index is 477. The summed E-state index contributed by atoms with van der Waals surface area (Å²) in [5.41, 5.74) is 7.14. The van der Waals surface area contributed by atoms with E-state index in [1.54, 1.807) is 30.6 Å². The summed E-state index contributed by atoms with van der Waals surface area (Å²) >= 11 is 11.8. The fraction of sp³-hybridized carbons (Fsp3) is 0.0909. The second-order valence-electron chi connectivity index (χ2n) is 3.28. The molecule has 16 heavy (non-hydrogen) atoms. The lowest BCUT2D eigenvalue weighted by molar-refractivity contribution is 1.01. The zero-order valence-corrected chi connectivity index (χ0v) is 9.83. The van der Waals surface area contributed by atoms with Gasteiger partial charge < -0.3 is 5.73 Å². The van der Waals surface area contributed by atoms with Crippen LogP contribution < -0.4 is 5.73 Å². The minimum atomic E-state index is 0.427. The summed E-state index contributed by atoms with van der Waals surface area (Å²) in [7, 11) is 0. The third-order valence-corrected chi connectivity index (χ3v) is 2.50. The van der Waals surface area contributed by atoms with E-state index in [2.05, 4.69) is 9.97 Å². The lowest BCUT2D eigenvalue weighted by Gasteiger charge is -2.02. The first-order valence-corrected chi connectivity index (χ1v) is 5.42. The molecule has 0 atom stereocenters. The van der Waals surface area contributed by atoms with Crippen LogP contribution in [-0.2, 0) is 6.54 Å². The quantitative estimate of drug-likeness (QED) is 0.896. The van der Waals surface area contributed by atoms with Crippen LogP contribution in [0, 0.1) is 0 Å². The van der Waals surface area contributed by atoms with Crippen molar-refractivity contribution in [1.29, 1.82) is 0 Å². The highest BCUT2D eigenvalue weighted by atomic mass is 35.5. The molecule has 1 aromatic carbocycles. The SMILES string of the molecule is NCc1cnc(-c2cc(Cl)cc(Cl)c2)nc1. The Labute approximate surface area is 103 Å². The third kappa shape index (κ3) is 2.50. The van der Waals surface area contributed by atoms with Gasteiger partial charge in [0.05, 0.1) is 0 Å². The number of hydrogen-bond acceptors (Lipinski definition) is 3. The van der Waals surface area contributed by atoms with Crippen LogP contribution in [0.15, 0.2) is 30.6 Å². The van der Waals surface area contributed by atoms with Gasteiger partial charge in [-0.25, -0.2) is 9.97 Å². The van der Waals surface area contributed by atoms with E-state index in [1.807, 2.05) is 0 Å². The molecule has 1 heterocycles. The summed E-state index contributed by atoms with van der Waals surface area (Å²) < 4.78 is 0. The molecule has 5 heteroatoms. The first kappa shape index (κ1) is 11.3. The van der Waals surface area contributed by atoms with Crippen molar-refractivity contribution in [2.24, 2.45) is 5.73 Å². The summed E-state index contributed by atoms with van der Waals surface area (Å²) in [6.07, 6.45) is 3.38. The maximum Gasteiger partial charge on any atom is 0.159 e. The number of hydrogen-bond donors (Lipinski definition) is 1. The highest BCUT2D eigenvalue weighted by Crippen LogP contribution is 2.24. The van der Waals surface area contributed by atoms with E-state index in [0.717, 1.165) is 11.1 Å². The smallest absolute Gasteiger partial charge is 0.159 e. The van der Waals surface area contributed by atoms with Crippen LogP contribution in [0.1, 0.15) is 5.56 Å². The first-order valence-electron chi connectivity index (χ1n) is 4.66. The molecule has 0 fully saturated rings. The Hall–Kier alpha value is -1.16. The summed E-state index contributed by atoms with van der Waals surface area (Å²) in [6.45, 7) is 0.427. The number of nitrogens with two attached hydrogens (primary N) is 1. The van der Waals surface area contributed by atoms with Crippen LogP contribution in [0.4, 0.5) is 0 Å². The summed E-state index contributed by atoms with van der Waals surface area (Å²) in [6, 6.07) is 5.20. The number of aromatic nitrogens is 2. The number of rotatable bonds is 2. The van der Waals surface area contributed by atoms with Crippen LogP contribution in [0.3, 0.4) is 0 Å². The molecule has 0 radical (unpaired) electrons. The molecule has 2 N–H and O–H groups in total. The van der Waals surface area contributed by atoms with E-state index in [1.165, 1.54) is 0 Å². The van der Waals surface area contributed by atoms with E-state index < -0.39 is 0 Å². The molecule has 0 aliphatic carbocycles. The molecule has 0 unspecified atom stereocenters. The molecule has 0 aliphatic heterocycles. The van der Waals surface area contributed by atoms with Crippen LogP contribution in [0.25, 0.3) is 11.4 Å². The summed E-state index contributed by atoms with van der Waals surface area (Å²) in [5, 5.41) is 1.13. The van der Waals surface area contributed by atoms with Gasteiger partial charge in [-0.3, -0.25) is 0 Å². The van der Waals surface area contributed by atoms with Crippen molar-refractivity contribution in [3.8, 4) is 11.4 Å². The number of benzene rings is 1. The van der Waals surface area contributed by atoms with Gasteiger partial charge in [0.2, 0.25) is 0 Å². The van der Waals surface area contributed by atoms with Crippen molar-refractivity contribution in [1.82, 2.24) is 9.97 Å². The third-order valence-electron chi connectivity index (χ3n) is 2.06. The summed E-state index contributed by atoms with van der Waals surface area (Å²) in [5.74, 6) is 0.585. The van der Waals surface area contributed by atoms with Crippen molar-refractivity contribution in [3.05, 3.63) is 46.2 Å². The minimum Gasteiger partial charge on any atom is -0.326 e. The van der Waals surface area contributed by atoms with Gasteiger partial charge in [0, 0.05) is 40.1 Å². The number of nitrogens with zero attached hydrogens (tertiary/aromatic N) is 2. The van der Waals surface area contributed by atoms with Crippen molar-refractivity contribution < 1.29 is 0 Å². The van der Waals surface area contributed by atoms with Crippen molar-refractivity contribution in [2.45, 2.75) is 6.54 Å². The molecule has 0 amide bonds. The van der Waals surface area contributed by atoms with Gasteiger partial charge in [-0.15, -0.1) is 0 Å². The second-order valence-corrected chi connectivity index (χ2v) is 4.15. The maximum atomic E-state index is 5.90. The van der Waals surface area contributed by atoms with Gasteiger partial charge in [-0.05, 0) is 18.2 Å². The van der Waals surface area contributed by atoms with Crippen LogP contribution in [-0.4, -0.2) is 9.97 Å². The fourth-order valence-electron chi connectivity index (χ4n) is 1.29. The molecular formula is C11H9Cl2N3. The largest absolute Gasteiger partial charge is 0.326 e.